The highest BCUT2D eigenvalue weighted by Gasteiger charge is 2.17. The van der Waals surface area contributed by atoms with Gasteiger partial charge in [0.1, 0.15) is 0 Å². The van der Waals surface area contributed by atoms with Crippen molar-refractivity contribution in [3.63, 3.8) is 0 Å². The molecule has 2 unspecified atom stereocenters. The molecule has 0 saturated heterocycles. The first-order chi connectivity index (χ1) is 24.2. The first kappa shape index (κ1) is 47.6. The van der Waals surface area contributed by atoms with E-state index in [1.54, 1.807) is 6.08 Å². The largest absolute Gasteiger partial charge is 0.394 e. The lowest BCUT2D eigenvalue weighted by molar-refractivity contribution is -0.123. The van der Waals surface area contributed by atoms with Gasteiger partial charge in [0.25, 0.3) is 0 Å². The Morgan fingerprint density at radius 2 is 0.857 bits per heavy atom. The molecule has 0 rings (SSSR count). The third kappa shape index (κ3) is 37.7. The molecule has 288 valence electrons. The molecule has 0 aliphatic carbocycles. The van der Waals surface area contributed by atoms with Crippen LogP contribution in [0.5, 0.6) is 0 Å². The van der Waals surface area contributed by atoms with Gasteiger partial charge >= 0.3 is 0 Å². The number of aliphatic hydroxyl groups is 2. The highest BCUT2D eigenvalue weighted by Crippen LogP contribution is 2.16. The van der Waals surface area contributed by atoms with Crippen LogP contribution in [0.1, 0.15) is 226 Å². The normalized spacial score (nSPS) is 13.3. The first-order valence-electron chi connectivity index (χ1n) is 21.7. The first-order valence-corrected chi connectivity index (χ1v) is 21.7. The predicted octanol–water partition coefficient (Wildman–Crippen LogP) is 13.4. The third-order valence-corrected chi connectivity index (χ3v) is 9.87. The summed E-state index contributed by atoms with van der Waals surface area (Å²) in [5.41, 5.74) is 0. The summed E-state index contributed by atoms with van der Waals surface area (Å²) >= 11 is 0. The van der Waals surface area contributed by atoms with Gasteiger partial charge in [0.05, 0.1) is 18.8 Å². The molecule has 2 atom stereocenters. The maximum absolute atomic E-state index is 12.2. The molecule has 0 aliphatic rings. The van der Waals surface area contributed by atoms with E-state index < -0.39 is 12.1 Å². The molecule has 0 bridgehead atoms. The molecule has 0 saturated carbocycles. The average Bonchev–Trinajstić information content (AvgIpc) is 3.11. The van der Waals surface area contributed by atoms with Crippen LogP contribution < -0.4 is 5.32 Å². The molecule has 0 aromatic heterocycles. The van der Waals surface area contributed by atoms with Gasteiger partial charge in [0.15, 0.2) is 0 Å². The van der Waals surface area contributed by atoms with Crippen molar-refractivity contribution in [2.75, 3.05) is 6.61 Å². The van der Waals surface area contributed by atoms with Crippen LogP contribution in [0.3, 0.4) is 0 Å². The van der Waals surface area contributed by atoms with Crippen LogP contribution >= 0.6 is 0 Å². The van der Waals surface area contributed by atoms with Crippen molar-refractivity contribution in [3.05, 3.63) is 36.5 Å². The zero-order chi connectivity index (χ0) is 35.7. The summed E-state index contributed by atoms with van der Waals surface area (Å²) in [5.74, 6) is -0.0715. The maximum Gasteiger partial charge on any atom is 0.220 e. The minimum absolute atomic E-state index is 0.0715. The maximum atomic E-state index is 12.2. The van der Waals surface area contributed by atoms with Crippen LogP contribution in [-0.2, 0) is 4.79 Å². The molecular formula is C45H85NO3. The number of unbranched alkanes of at least 4 members (excludes halogenated alkanes) is 28. The Hall–Kier alpha value is -1.39. The van der Waals surface area contributed by atoms with Crippen LogP contribution in [0.25, 0.3) is 0 Å². The summed E-state index contributed by atoms with van der Waals surface area (Å²) in [6.07, 6.45) is 54.6. The minimum Gasteiger partial charge on any atom is -0.394 e. The lowest BCUT2D eigenvalue weighted by Gasteiger charge is -2.19. The van der Waals surface area contributed by atoms with Gasteiger partial charge in [-0.1, -0.05) is 211 Å². The molecule has 49 heavy (non-hydrogen) atoms. The zero-order valence-electron chi connectivity index (χ0n) is 33.0. The molecule has 4 nitrogen and oxygen atoms in total. The second kappa shape index (κ2) is 41.0. The molecule has 0 spiro atoms. The van der Waals surface area contributed by atoms with E-state index in [1.165, 1.54) is 167 Å². The van der Waals surface area contributed by atoms with Gasteiger partial charge in [-0.3, -0.25) is 4.79 Å². The molecule has 0 radical (unpaired) electrons. The van der Waals surface area contributed by atoms with Gasteiger partial charge in [-0.15, -0.1) is 0 Å². The SMILES string of the molecule is CCCC/C=C/C(O)C(CO)NC(=O)CCCCCCCCCCCCCCCCCCCCCCC/C=C\C/C=C\CCCCCCC. The fraction of sp³-hybridized carbons (Fsp3) is 0.844. The highest BCUT2D eigenvalue weighted by molar-refractivity contribution is 5.76. The molecule has 0 aromatic carbocycles. The number of carbonyl (C=O) groups is 1. The summed E-state index contributed by atoms with van der Waals surface area (Å²) in [6, 6.07) is -0.615. The number of carbonyl (C=O) groups excluding carboxylic acids is 1. The Morgan fingerprint density at radius 3 is 1.27 bits per heavy atom. The van der Waals surface area contributed by atoms with Crippen molar-refractivity contribution in [2.45, 2.75) is 238 Å². The minimum atomic E-state index is -0.832. The van der Waals surface area contributed by atoms with Gasteiger partial charge in [0.2, 0.25) is 5.91 Å². The standard InChI is InChI=1S/C45H85NO3/c1-3-5-7-9-10-11-12-13-14-15-16-17-18-19-20-21-22-23-24-25-26-27-28-29-30-31-32-33-34-35-36-37-39-41-45(49)46-43(42-47)44(48)40-38-8-6-4-2/h12-13,15-16,38,40,43-44,47-48H,3-11,14,17-37,39,41-42H2,1-2H3,(H,46,49)/b13-12-,16-15-,40-38+. The van der Waals surface area contributed by atoms with Crippen LogP contribution in [-0.4, -0.2) is 34.9 Å². The highest BCUT2D eigenvalue weighted by atomic mass is 16.3. The van der Waals surface area contributed by atoms with E-state index in [9.17, 15) is 15.0 Å². The molecule has 0 fully saturated rings. The second-order valence-electron chi connectivity index (χ2n) is 14.8. The third-order valence-electron chi connectivity index (χ3n) is 9.87. The van der Waals surface area contributed by atoms with Crippen molar-refractivity contribution in [1.82, 2.24) is 5.32 Å². The van der Waals surface area contributed by atoms with Crippen molar-refractivity contribution in [2.24, 2.45) is 0 Å². The van der Waals surface area contributed by atoms with Gasteiger partial charge in [-0.25, -0.2) is 0 Å². The van der Waals surface area contributed by atoms with Gasteiger partial charge in [-0.05, 0) is 44.9 Å². The number of hydrogen-bond acceptors (Lipinski definition) is 3. The summed E-state index contributed by atoms with van der Waals surface area (Å²) < 4.78 is 0. The lowest BCUT2D eigenvalue weighted by Crippen LogP contribution is -2.45. The molecule has 0 heterocycles. The zero-order valence-corrected chi connectivity index (χ0v) is 33.0. The lowest BCUT2D eigenvalue weighted by atomic mass is 10.0. The number of allylic oxidation sites excluding steroid dienone is 5. The number of aliphatic hydroxyl groups excluding tert-OH is 2. The van der Waals surface area contributed by atoms with E-state index in [4.69, 9.17) is 0 Å². The molecule has 1 amide bonds. The van der Waals surface area contributed by atoms with Crippen LogP contribution in [0, 0.1) is 0 Å². The summed E-state index contributed by atoms with van der Waals surface area (Å²) in [6.45, 7) is 4.16. The monoisotopic (exact) mass is 688 g/mol. The summed E-state index contributed by atoms with van der Waals surface area (Å²) in [7, 11) is 0. The van der Waals surface area contributed by atoms with Crippen molar-refractivity contribution in [1.29, 1.82) is 0 Å². The van der Waals surface area contributed by atoms with E-state index in [-0.39, 0.29) is 12.5 Å². The van der Waals surface area contributed by atoms with E-state index in [0.29, 0.717) is 6.42 Å². The van der Waals surface area contributed by atoms with E-state index in [0.717, 1.165) is 38.5 Å². The van der Waals surface area contributed by atoms with Crippen LogP contribution in [0.15, 0.2) is 36.5 Å². The van der Waals surface area contributed by atoms with Crippen LogP contribution in [0.4, 0.5) is 0 Å². The molecule has 0 aromatic rings. The van der Waals surface area contributed by atoms with E-state index >= 15 is 0 Å². The molecule has 4 heteroatoms. The topological polar surface area (TPSA) is 69.6 Å². The Balaban J connectivity index is 3.32. The van der Waals surface area contributed by atoms with Crippen molar-refractivity contribution in [3.8, 4) is 0 Å². The van der Waals surface area contributed by atoms with Gasteiger partial charge < -0.3 is 15.5 Å². The fourth-order valence-electron chi connectivity index (χ4n) is 6.49. The summed E-state index contributed by atoms with van der Waals surface area (Å²) in [5, 5.41) is 22.5. The van der Waals surface area contributed by atoms with Crippen LogP contribution in [0.2, 0.25) is 0 Å². The number of amides is 1. The second-order valence-corrected chi connectivity index (χ2v) is 14.8. The van der Waals surface area contributed by atoms with Crippen molar-refractivity contribution >= 4 is 5.91 Å². The van der Waals surface area contributed by atoms with E-state index in [1.807, 2.05) is 6.08 Å². The number of nitrogens with one attached hydrogen (secondary N) is 1. The van der Waals surface area contributed by atoms with Gasteiger partial charge in [0, 0.05) is 6.42 Å². The van der Waals surface area contributed by atoms with Gasteiger partial charge in [-0.2, -0.15) is 0 Å². The Kier molecular flexibility index (Phi) is 39.9. The predicted molar refractivity (Wildman–Crippen MR) is 216 cm³/mol. The number of rotatable bonds is 39. The smallest absolute Gasteiger partial charge is 0.220 e. The Morgan fingerprint density at radius 1 is 0.490 bits per heavy atom. The quantitative estimate of drug-likeness (QED) is 0.0445. The van der Waals surface area contributed by atoms with Crippen molar-refractivity contribution < 1.29 is 15.0 Å². The van der Waals surface area contributed by atoms with E-state index in [2.05, 4.69) is 43.5 Å². The fourth-order valence-corrected chi connectivity index (χ4v) is 6.49. The average molecular weight is 688 g/mol. The summed E-state index contributed by atoms with van der Waals surface area (Å²) in [4.78, 5) is 12.2. The molecule has 3 N–H and O–H groups in total. The molecule has 0 aliphatic heterocycles. The Labute approximate surface area is 306 Å². The molecular weight excluding hydrogens is 602 g/mol. The Bertz CT molecular complexity index is 746. The number of hydrogen-bond donors (Lipinski definition) is 3.